The SMILES string of the molecule is CC(C)(C)OC(=O)NCC1CCN(S(=O)(=O)F)CC1. The molecule has 0 aromatic heterocycles. The molecule has 1 aliphatic rings. The number of rotatable bonds is 3. The Hall–Kier alpha value is -0.890. The first kappa shape index (κ1) is 16.2. The van der Waals surface area contributed by atoms with Crippen LogP contribution in [0.15, 0.2) is 0 Å². The molecule has 1 aliphatic heterocycles. The lowest BCUT2D eigenvalue weighted by Gasteiger charge is -2.29. The summed E-state index contributed by atoms with van der Waals surface area (Å²) >= 11 is 0. The summed E-state index contributed by atoms with van der Waals surface area (Å²) in [5, 5.41) is 2.64. The van der Waals surface area contributed by atoms with Gasteiger partial charge >= 0.3 is 16.5 Å². The molecular formula is C11H21FN2O4S. The number of ether oxygens (including phenoxy) is 1. The van der Waals surface area contributed by atoms with Crippen molar-refractivity contribution in [2.75, 3.05) is 19.6 Å². The zero-order valence-electron chi connectivity index (χ0n) is 11.5. The summed E-state index contributed by atoms with van der Waals surface area (Å²) in [6.07, 6.45) is 0.561. The van der Waals surface area contributed by atoms with Crippen LogP contribution in [0.5, 0.6) is 0 Å². The van der Waals surface area contributed by atoms with Crippen molar-refractivity contribution in [3.63, 3.8) is 0 Å². The molecule has 6 nitrogen and oxygen atoms in total. The maximum atomic E-state index is 12.7. The van der Waals surface area contributed by atoms with Crippen LogP contribution in [0.1, 0.15) is 33.6 Å². The first-order valence-corrected chi connectivity index (χ1v) is 7.58. The van der Waals surface area contributed by atoms with Crippen molar-refractivity contribution in [1.29, 1.82) is 0 Å². The second-order valence-corrected chi connectivity index (χ2v) is 7.01. The Morgan fingerprint density at radius 3 is 2.32 bits per heavy atom. The normalized spacial score (nSPS) is 19.2. The molecule has 0 aromatic rings. The summed E-state index contributed by atoms with van der Waals surface area (Å²) < 4.78 is 40.0. The minimum absolute atomic E-state index is 0.144. The molecule has 1 rings (SSSR count). The van der Waals surface area contributed by atoms with Gasteiger partial charge in [0, 0.05) is 19.6 Å². The van der Waals surface area contributed by atoms with E-state index >= 15 is 0 Å². The maximum absolute atomic E-state index is 12.7. The molecule has 1 heterocycles. The van der Waals surface area contributed by atoms with Crippen LogP contribution in [0.4, 0.5) is 8.68 Å². The monoisotopic (exact) mass is 296 g/mol. The van der Waals surface area contributed by atoms with Gasteiger partial charge in [0.1, 0.15) is 5.60 Å². The molecule has 0 atom stereocenters. The van der Waals surface area contributed by atoms with E-state index in [0.717, 1.165) is 4.31 Å². The van der Waals surface area contributed by atoms with Crippen molar-refractivity contribution >= 4 is 16.5 Å². The highest BCUT2D eigenvalue weighted by Crippen LogP contribution is 2.19. The standard InChI is InChI=1S/C11H21FN2O4S/c1-11(2,3)18-10(15)13-8-9-4-6-14(7-5-9)19(12,16)17/h9H,4-8H2,1-3H3,(H,13,15). The Balaban J connectivity index is 2.29. The first-order chi connectivity index (χ1) is 8.58. The molecule has 0 saturated carbocycles. The topological polar surface area (TPSA) is 75.7 Å². The van der Waals surface area contributed by atoms with E-state index in [2.05, 4.69) is 5.32 Å². The van der Waals surface area contributed by atoms with Crippen LogP contribution in [-0.4, -0.2) is 44.1 Å². The average molecular weight is 296 g/mol. The van der Waals surface area contributed by atoms with E-state index in [-0.39, 0.29) is 19.0 Å². The summed E-state index contributed by atoms with van der Waals surface area (Å²) in [6.45, 7) is 6.04. The van der Waals surface area contributed by atoms with Crippen LogP contribution in [0.2, 0.25) is 0 Å². The van der Waals surface area contributed by atoms with Crippen LogP contribution in [0.3, 0.4) is 0 Å². The highest BCUT2D eigenvalue weighted by Gasteiger charge is 2.28. The lowest BCUT2D eigenvalue weighted by Crippen LogP contribution is -2.41. The summed E-state index contributed by atoms with van der Waals surface area (Å²) in [7, 11) is -4.58. The van der Waals surface area contributed by atoms with E-state index < -0.39 is 22.1 Å². The van der Waals surface area contributed by atoms with Gasteiger partial charge in [-0.05, 0) is 39.5 Å². The Morgan fingerprint density at radius 2 is 1.89 bits per heavy atom. The molecule has 19 heavy (non-hydrogen) atoms. The number of nitrogens with one attached hydrogen (secondary N) is 1. The fraction of sp³-hybridized carbons (Fsp3) is 0.909. The molecule has 0 spiro atoms. The fourth-order valence-corrected chi connectivity index (χ4v) is 2.52. The Kier molecular flexibility index (Phi) is 5.14. The van der Waals surface area contributed by atoms with E-state index in [9.17, 15) is 17.1 Å². The molecule has 1 saturated heterocycles. The van der Waals surface area contributed by atoms with E-state index in [4.69, 9.17) is 4.74 Å². The lowest BCUT2D eigenvalue weighted by atomic mass is 9.98. The third-order valence-corrected chi connectivity index (χ3v) is 3.80. The minimum Gasteiger partial charge on any atom is -0.444 e. The van der Waals surface area contributed by atoms with Crippen molar-refractivity contribution in [3.05, 3.63) is 0 Å². The first-order valence-electron chi connectivity index (χ1n) is 6.24. The van der Waals surface area contributed by atoms with Crippen LogP contribution in [-0.2, 0) is 15.1 Å². The second-order valence-electron chi connectivity index (χ2n) is 5.67. The largest absolute Gasteiger partial charge is 0.444 e. The quantitative estimate of drug-likeness (QED) is 0.800. The molecule has 0 aliphatic carbocycles. The Morgan fingerprint density at radius 1 is 1.37 bits per heavy atom. The average Bonchev–Trinajstić information content (AvgIpc) is 2.23. The number of halogens is 1. The Bertz CT molecular complexity index is 411. The summed E-state index contributed by atoms with van der Waals surface area (Å²) in [6, 6.07) is 0. The van der Waals surface area contributed by atoms with Gasteiger partial charge in [-0.2, -0.15) is 12.7 Å². The third kappa shape index (κ3) is 6.20. The predicted molar refractivity (Wildman–Crippen MR) is 68.6 cm³/mol. The highest BCUT2D eigenvalue weighted by atomic mass is 32.3. The maximum Gasteiger partial charge on any atom is 0.407 e. The van der Waals surface area contributed by atoms with Crippen molar-refractivity contribution in [2.24, 2.45) is 5.92 Å². The van der Waals surface area contributed by atoms with Gasteiger partial charge in [0.05, 0.1) is 0 Å². The third-order valence-electron chi connectivity index (χ3n) is 2.82. The number of nitrogens with zero attached hydrogens (tertiary/aromatic N) is 1. The number of alkyl carbamates (subject to hydrolysis) is 1. The second kappa shape index (κ2) is 6.04. The molecule has 0 radical (unpaired) electrons. The molecular weight excluding hydrogens is 275 g/mol. The number of hydrogen-bond acceptors (Lipinski definition) is 4. The van der Waals surface area contributed by atoms with Crippen molar-refractivity contribution < 1.29 is 21.8 Å². The zero-order valence-corrected chi connectivity index (χ0v) is 12.3. The molecule has 0 aromatic carbocycles. The van der Waals surface area contributed by atoms with Crippen LogP contribution in [0.25, 0.3) is 0 Å². The van der Waals surface area contributed by atoms with Gasteiger partial charge in [0.2, 0.25) is 0 Å². The van der Waals surface area contributed by atoms with Crippen LogP contribution in [0, 0.1) is 5.92 Å². The van der Waals surface area contributed by atoms with Crippen molar-refractivity contribution in [3.8, 4) is 0 Å². The number of hydrogen-bond donors (Lipinski definition) is 1. The zero-order chi connectivity index (χ0) is 14.7. The lowest BCUT2D eigenvalue weighted by molar-refractivity contribution is 0.0513. The van der Waals surface area contributed by atoms with Gasteiger partial charge in [0.15, 0.2) is 0 Å². The molecule has 0 bridgehead atoms. The van der Waals surface area contributed by atoms with Gasteiger partial charge < -0.3 is 10.1 Å². The van der Waals surface area contributed by atoms with Gasteiger partial charge in [-0.15, -0.1) is 0 Å². The molecule has 1 N–H and O–H groups in total. The van der Waals surface area contributed by atoms with Gasteiger partial charge in [-0.25, -0.2) is 4.79 Å². The molecule has 1 fully saturated rings. The predicted octanol–water partition coefficient (Wildman–Crippen LogP) is 1.44. The molecule has 1 amide bonds. The number of carbonyl (C=O) groups excluding carboxylic acids is 1. The summed E-state index contributed by atoms with van der Waals surface area (Å²) in [5.41, 5.74) is -0.546. The van der Waals surface area contributed by atoms with E-state index in [0.29, 0.717) is 19.4 Å². The summed E-state index contributed by atoms with van der Waals surface area (Å²) in [5.74, 6) is 0.144. The van der Waals surface area contributed by atoms with Crippen LogP contribution < -0.4 is 5.32 Å². The van der Waals surface area contributed by atoms with Crippen molar-refractivity contribution in [2.45, 2.75) is 39.2 Å². The van der Waals surface area contributed by atoms with Crippen molar-refractivity contribution in [1.82, 2.24) is 9.62 Å². The number of carbonyl (C=O) groups is 1. The van der Waals surface area contributed by atoms with Gasteiger partial charge in [0.25, 0.3) is 0 Å². The van der Waals surface area contributed by atoms with Crippen LogP contribution >= 0.6 is 0 Å². The van der Waals surface area contributed by atoms with Gasteiger partial charge in [-0.3, -0.25) is 0 Å². The molecule has 8 heteroatoms. The number of amides is 1. The fourth-order valence-electron chi connectivity index (χ4n) is 1.87. The van der Waals surface area contributed by atoms with Gasteiger partial charge in [-0.1, -0.05) is 3.89 Å². The minimum atomic E-state index is -4.58. The smallest absolute Gasteiger partial charge is 0.407 e. The van der Waals surface area contributed by atoms with E-state index in [1.54, 1.807) is 20.8 Å². The highest BCUT2D eigenvalue weighted by molar-refractivity contribution is 7.83. The number of piperidine rings is 1. The molecule has 0 unspecified atom stereocenters. The molecule has 112 valence electrons. The van der Waals surface area contributed by atoms with E-state index in [1.807, 2.05) is 0 Å². The Labute approximate surface area is 113 Å². The summed E-state index contributed by atoms with van der Waals surface area (Å²) in [4.78, 5) is 11.4. The van der Waals surface area contributed by atoms with E-state index in [1.165, 1.54) is 0 Å².